The van der Waals surface area contributed by atoms with Crippen molar-refractivity contribution in [2.75, 3.05) is 5.73 Å². The van der Waals surface area contributed by atoms with E-state index >= 15 is 0 Å². The van der Waals surface area contributed by atoms with Gasteiger partial charge in [0.1, 0.15) is 5.82 Å². The summed E-state index contributed by atoms with van der Waals surface area (Å²) < 4.78 is 13.9. The Morgan fingerprint density at radius 1 is 1.18 bits per heavy atom. The Bertz CT molecular complexity index is 547. The van der Waals surface area contributed by atoms with E-state index in [9.17, 15) is 4.39 Å². The zero-order chi connectivity index (χ0) is 12.4. The van der Waals surface area contributed by atoms with E-state index in [0.29, 0.717) is 11.3 Å². The van der Waals surface area contributed by atoms with Crippen LogP contribution in [0.4, 0.5) is 10.1 Å². The Labute approximate surface area is 101 Å². The summed E-state index contributed by atoms with van der Waals surface area (Å²) in [6.07, 6.45) is 0.904. The van der Waals surface area contributed by atoms with E-state index in [1.165, 1.54) is 5.56 Å². The van der Waals surface area contributed by atoms with Crippen molar-refractivity contribution in [1.82, 2.24) is 0 Å². The number of anilines is 1. The van der Waals surface area contributed by atoms with Gasteiger partial charge in [-0.15, -0.1) is 0 Å². The number of nitrogens with two attached hydrogens (primary N) is 1. The number of halogens is 1. The van der Waals surface area contributed by atoms with Crippen LogP contribution in [-0.4, -0.2) is 0 Å². The maximum absolute atomic E-state index is 13.9. The van der Waals surface area contributed by atoms with Gasteiger partial charge in [-0.05, 0) is 54.3 Å². The zero-order valence-corrected chi connectivity index (χ0v) is 10.1. The average molecular weight is 229 g/mol. The minimum absolute atomic E-state index is 0.190. The first-order valence-electron chi connectivity index (χ1n) is 5.76. The number of aryl methyl sites for hydroxylation is 2. The van der Waals surface area contributed by atoms with Gasteiger partial charge < -0.3 is 5.73 Å². The van der Waals surface area contributed by atoms with Crippen molar-refractivity contribution in [3.63, 3.8) is 0 Å². The molecule has 0 aromatic heterocycles. The molecule has 0 heterocycles. The Balaban J connectivity index is 2.59. The van der Waals surface area contributed by atoms with E-state index < -0.39 is 0 Å². The predicted molar refractivity (Wildman–Crippen MR) is 70.4 cm³/mol. The molecule has 0 radical (unpaired) electrons. The molecule has 2 N–H and O–H groups in total. The Hall–Kier alpha value is -1.83. The highest BCUT2D eigenvalue weighted by Crippen LogP contribution is 2.27. The first-order chi connectivity index (χ1) is 8.11. The second-order valence-corrected chi connectivity index (χ2v) is 4.24. The molecule has 0 bridgehead atoms. The van der Waals surface area contributed by atoms with Crippen LogP contribution in [0.3, 0.4) is 0 Å². The number of hydrogen-bond donors (Lipinski definition) is 1. The number of rotatable bonds is 2. The van der Waals surface area contributed by atoms with Crippen LogP contribution in [0.2, 0.25) is 0 Å². The molecule has 0 fully saturated rings. The SMILES string of the molecule is CCc1cc(-c2cccc(N)c2)c(F)cc1C. The molecular formula is C15H16FN. The molecule has 2 rings (SSSR count). The number of benzene rings is 2. The van der Waals surface area contributed by atoms with Crippen molar-refractivity contribution in [1.29, 1.82) is 0 Å². The van der Waals surface area contributed by atoms with Crippen molar-refractivity contribution in [3.05, 3.63) is 53.3 Å². The first-order valence-corrected chi connectivity index (χ1v) is 5.76. The van der Waals surface area contributed by atoms with Crippen LogP contribution < -0.4 is 5.73 Å². The van der Waals surface area contributed by atoms with Crippen LogP contribution >= 0.6 is 0 Å². The van der Waals surface area contributed by atoms with Crippen molar-refractivity contribution in [3.8, 4) is 11.1 Å². The summed E-state index contributed by atoms with van der Waals surface area (Å²) in [5.74, 6) is -0.190. The van der Waals surface area contributed by atoms with Gasteiger partial charge in [0.05, 0.1) is 0 Å². The largest absolute Gasteiger partial charge is 0.399 e. The van der Waals surface area contributed by atoms with Gasteiger partial charge in [0.2, 0.25) is 0 Å². The standard InChI is InChI=1S/C15H16FN/c1-3-11-9-14(15(16)7-10(11)2)12-5-4-6-13(17)8-12/h4-9H,3,17H2,1-2H3. The predicted octanol–water partition coefficient (Wildman–Crippen LogP) is 3.95. The van der Waals surface area contributed by atoms with Gasteiger partial charge in [-0.25, -0.2) is 4.39 Å². The van der Waals surface area contributed by atoms with E-state index in [-0.39, 0.29) is 5.82 Å². The highest BCUT2D eigenvalue weighted by molar-refractivity contribution is 5.69. The van der Waals surface area contributed by atoms with Gasteiger partial charge in [0, 0.05) is 11.3 Å². The maximum atomic E-state index is 13.9. The minimum atomic E-state index is -0.190. The van der Waals surface area contributed by atoms with Gasteiger partial charge >= 0.3 is 0 Å². The molecule has 1 nitrogen and oxygen atoms in total. The van der Waals surface area contributed by atoms with Gasteiger partial charge in [0.25, 0.3) is 0 Å². The lowest BCUT2D eigenvalue weighted by Crippen LogP contribution is -1.93. The van der Waals surface area contributed by atoms with Gasteiger partial charge in [-0.3, -0.25) is 0 Å². The van der Waals surface area contributed by atoms with Crippen LogP contribution in [-0.2, 0) is 6.42 Å². The molecule has 88 valence electrons. The Morgan fingerprint density at radius 2 is 1.94 bits per heavy atom. The number of hydrogen-bond acceptors (Lipinski definition) is 1. The molecule has 2 heteroatoms. The molecular weight excluding hydrogens is 213 g/mol. The van der Waals surface area contributed by atoms with Gasteiger partial charge in [0.15, 0.2) is 0 Å². The fourth-order valence-electron chi connectivity index (χ4n) is 2.03. The molecule has 0 amide bonds. The third-order valence-corrected chi connectivity index (χ3v) is 3.00. The van der Waals surface area contributed by atoms with Crippen molar-refractivity contribution < 1.29 is 4.39 Å². The summed E-state index contributed by atoms with van der Waals surface area (Å²) in [6, 6.07) is 10.8. The molecule has 0 aliphatic heterocycles. The Kier molecular flexibility index (Phi) is 3.14. The molecule has 0 saturated heterocycles. The van der Waals surface area contributed by atoms with E-state index in [4.69, 9.17) is 5.73 Å². The smallest absolute Gasteiger partial charge is 0.131 e. The van der Waals surface area contributed by atoms with Crippen LogP contribution in [0.15, 0.2) is 36.4 Å². The van der Waals surface area contributed by atoms with Crippen molar-refractivity contribution in [2.45, 2.75) is 20.3 Å². The third-order valence-electron chi connectivity index (χ3n) is 3.00. The highest BCUT2D eigenvalue weighted by atomic mass is 19.1. The van der Waals surface area contributed by atoms with E-state index in [1.807, 2.05) is 25.1 Å². The van der Waals surface area contributed by atoms with Gasteiger partial charge in [-0.2, -0.15) is 0 Å². The van der Waals surface area contributed by atoms with E-state index in [1.54, 1.807) is 18.2 Å². The molecule has 0 saturated carbocycles. The van der Waals surface area contributed by atoms with Crippen molar-refractivity contribution in [2.24, 2.45) is 0 Å². The lowest BCUT2D eigenvalue weighted by Gasteiger charge is -2.09. The molecule has 0 unspecified atom stereocenters. The first kappa shape index (κ1) is 11.6. The number of nitrogen functional groups attached to an aromatic ring is 1. The van der Waals surface area contributed by atoms with Crippen LogP contribution in [0, 0.1) is 12.7 Å². The van der Waals surface area contributed by atoms with Crippen molar-refractivity contribution >= 4 is 5.69 Å². The summed E-state index contributed by atoms with van der Waals surface area (Å²) in [5.41, 5.74) is 10.0. The molecule has 0 aliphatic rings. The molecule has 2 aromatic carbocycles. The average Bonchev–Trinajstić information content (AvgIpc) is 2.29. The monoisotopic (exact) mass is 229 g/mol. The molecule has 0 spiro atoms. The lowest BCUT2D eigenvalue weighted by atomic mass is 9.97. The topological polar surface area (TPSA) is 26.0 Å². The fourth-order valence-corrected chi connectivity index (χ4v) is 2.03. The lowest BCUT2D eigenvalue weighted by molar-refractivity contribution is 0.629. The molecule has 0 atom stereocenters. The zero-order valence-electron chi connectivity index (χ0n) is 10.1. The molecule has 0 aliphatic carbocycles. The Morgan fingerprint density at radius 3 is 2.59 bits per heavy atom. The second-order valence-electron chi connectivity index (χ2n) is 4.24. The van der Waals surface area contributed by atoms with Crippen LogP contribution in [0.25, 0.3) is 11.1 Å². The molecule has 17 heavy (non-hydrogen) atoms. The maximum Gasteiger partial charge on any atom is 0.131 e. The van der Waals surface area contributed by atoms with Gasteiger partial charge in [-0.1, -0.05) is 19.1 Å². The quantitative estimate of drug-likeness (QED) is 0.775. The van der Waals surface area contributed by atoms with E-state index in [0.717, 1.165) is 17.5 Å². The summed E-state index contributed by atoms with van der Waals surface area (Å²) in [7, 11) is 0. The second kappa shape index (κ2) is 4.58. The van der Waals surface area contributed by atoms with Crippen LogP contribution in [0.5, 0.6) is 0 Å². The third kappa shape index (κ3) is 2.31. The highest BCUT2D eigenvalue weighted by Gasteiger charge is 2.08. The normalized spacial score (nSPS) is 10.5. The fraction of sp³-hybridized carbons (Fsp3) is 0.200. The van der Waals surface area contributed by atoms with E-state index in [2.05, 4.69) is 6.92 Å². The summed E-state index contributed by atoms with van der Waals surface area (Å²) in [4.78, 5) is 0. The minimum Gasteiger partial charge on any atom is -0.399 e. The molecule has 2 aromatic rings. The van der Waals surface area contributed by atoms with Crippen LogP contribution in [0.1, 0.15) is 18.1 Å². The summed E-state index contributed by atoms with van der Waals surface area (Å²) in [6.45, 7) is 4.01. The summed E-state index contributed by atoms with van der Waals surface area (Å²) in [5, 5.41) is 0. The summed E-state index contributed by atoms with van der Waals surface area (Å²) >= 11 is 0.